The number of thiophene rings is 1. The maximum atomic E-state index is 13.1. The number of amides is 1. The molecule has 1 saturated heterocycles. The molecular formula is C21H23N3O4S. The zero-order valence-electron chi connectivity index (χ0n) is 16.5. The number of carbonyl (C=O) groups excluding carboxylic acids is 1. The molecule has 1 unspecified atom stereocenters. The van der Waals surface area contributed by atoms with Gasteiger partial charge in [0.25, 0.3) is 5.91 Å². The molecule has 152 valence electrons. The molecule has 0 N–H and O–H groups in total. The van der Waals surface area contributed by atoms with Crippen LogP contribution in [0.3, 0.4) is 0 Å². The fourth-order valence-electron chi connectivity index (χ4n) is 3.66. The van der Waals surface area contributed by atoms with Gasteiger partial charge in [0, 0.05) is 36.5 Å². The Kier molecular flexibility index (Phi) is 5.80. The van der Waals surface area contributed by atoms with E-state index in [1.807, 2.05) is 21.7 Å². The molecule has 8 heteroatoms. The Morgan fingerprint density at radius 3 is 2.97 bits per heavy atom. The lowest BCUT2D eigenvalue weighted by Crippen LogP contribution is -2.40. The molecule has 4 rings (SSSR count). The summed E-state index contributed by atoms with van der Waals surface area (Å²) in [5, 5.41) is 8.06. The molecule has 29 heavy (non-hydrogen) atoms. The van der Waals surface area contributed by atoms with E-state index in [2.05, 4.69) is 10.1 Å². The van der Waals surface area contributed by atoms with Crippen molar-refractivity contribution in [3.8, 4) is 22.9 Å². The van der Waals surface area contributed by atoms with Crippen LogP contribution < -0.4 is 9.47 Å². The summed E-state index contributed by atoms with van der Waals surface area (Å²) in [6, 6.07) is 7.25. The third-order valence-corrected chi connectivity index (χ3v) is 5.84. The van der Waals surface area contributed by atoms with Crippen LogP contribution in [0.15, 0.2) is 39.5 Å². The molecule has 0 bridgehead atoms. The average Bonchev–Trinajstić information content (AvgIpc) is 3.45. The minimum absolute atomic E-state index is 0.0290. The zero-order valence-corrected chi connectivity index (χ0v) is 17.3. The van der Waals surface area contributed by atoms with Gasteiger partial charge >= 0.3 is 0 Å². The Hall–Kier alpha value is -2.87. The number of hydrogen-bond acceptors (Lipinski definition) is 7. The van der Waals surface area contributed by atoms with Crippen LogP contribution in [-0.4, -0.2) is 48.3 Å². The number of ether oxygens (including phenoxy) is 2. The minimum Gasteiger partial charge on any atom is -0.497 e. The number of carbonyl (C=O) groups is 1. The first-order valence-corrected chi connectivity index (χ1v) is 10.5. The van der Waals surface area contributed by atoms with Crippen molar-refractivity contribution < 1.29 is 18.8 Å². The first-order chi connectivity index (χ1) is 14.2. The fourth-order valence-corrected chi connectivity index (χ4v) is 4.29. The topological polar surface area (TPSA) is 77.7 Å². The standard InChI is InChI=1S/C21H23N3O4S/c1-26-16-5-6-17(18(11-16)27-2)21(25)24-8-3-4-14(12-24)10-19-22-20(23-28-19)15-7-9-29-13-15/h5-7,9,11,13-14H,3-4,8,10,12H2,1-2H3. The molecule has 1 aromatic carbocycles. The van der Waals surface area contributed by atoms with E-state index in [9.17, 15) is 4.79 Å². The average molecular weight is 413 g/mol. The predicted octanol–water partition coefficient (Wildman–Crippen LogP) is 3.91. The quantitative estimate of drug-likeness (QED) is 0.610. The third kappa shape index (κ3) is 4.27. The Balaban J connectivity index is 1.44. The largest absolute Gasteiger partial charge is 0.497 e. The monoisotopic (exact) mass is 413 g/mol. The van der Waals surface area contributed by atoms with E-state index in [0.717, 1.165) is 24.9 Å². The molecule has 1 aliphatic heterocycles. The molecule has 1 atom stereocenters. The molecule has 2 aromatic heterocycles. The summed E-state index contributed by atoms with van der Waals surface area (Å²) in [5.41, 5.74) is 1.52. The van der Waals surface area contributed by atoms with E-state index in [1.54, 1.807) is 43.8 Å². The molecule has 7 nitrogen and oxygen atoms in total. The highest BCUT2D eigenvalue weighted by Crippen LogP contribution is 2.28. The highest BCUT2D eigenvalue weighted by atomic mass is 32.1. The molecule has 3 heterocycles. The second-order valence-electron chi connectivity index (χ2n) is 7.05. The summed E-state index contributed by atoms with van der Waals surface area (Å²) in [6.45, 7) is 1.39. The zero-order chi connectivity index (χ0) is 20.2. The summed E-state index contributed by atoms with van der Waals surface area (Å²) in [7, 11) is 3.15. The number of benzene rings is 1. The first kappa shape index (κ1) is 19.4. The van der Waals surface area contributed by atoms with Crippen molar-refractivity contribution in [3.63, 3.8) is 0 Å². The van der Waals surface area contributed by atoms with Crippen molar-refractivity contribution in [1.29, 1.82) is 0 Å². The lowest BCUT2D eigenvalue weighted by molar-refractivity contribution is 0.0664. The van der Waals surface area contributed by atoms with Gasteiger partial charge in [-0.1, -0.05) is 5.16 Å². The van der Waals surface area contributed by atoms with Crippen LogP contribution in [0, 0.1) is 5.92 Å². The molecule has 0 aliphatic carbocycles. The van der Waals surface area contributed by atoms with Gasteiger partial charge in [0.2, 0.25) is 11.7 Å². The molecule has 3 aromatic rings. The Labute approximate surface area is 173 Å². The highest BCUT2D eigenvalue weighted by molar-refractivity contribution is 7.08. The van der Waals surface area contributed by atoms with Gasteiger partial charge < -0.3 is 18.9 Å². The molecule has 0 spiro atoms. The van der Waals surface area contributed by atoms with Crippen LogP contribution in [0.5, 0.6) is 11.5 Å². The normalized spacial score (nSPS) is 16.6. The number of piperidine rings is 1. The van der Waals surface area contributed by atoms with Gasteiger partial charge in [0.1, 0.15) is 11.5 Å². The Morgan fingerprint density at radius 2 is 2.21 bits per heavy atom. The minimum atomic E-state index is -0.0290. The number of hydrogen-bond donors (Lipinski definition) is 0. The number of methoxy groups -OCH3 is 2. The van der Waals surface area contributed by atoms with Crippen LogP contribution in [0.2, 0.25) is 0 Å². The van der Waals surface area contributed by atoms with E-state index in [-0.39, 0.29) is 11.8 Å². The summed E-state index contributed by atoms with van der Waals surface area (Å²) in [4.78, 5) is 19.5. The van der Waals surface area contributed by atoms with Gasteiger partial charge in [0.15, 0.2) is 0 Å². The van der Waals surface area contributed by atoms with Crippen molar-refractivity contribution in [2.45, 2.75) is 19.3 Å². The van der Waals surface area contributed by atoms with E-state index in [4.69, 9.17) is 14.0 Å². The molecule has 1 fully saturated rings. The Morgan fingerprint density at radius 1 is 1.31 bits per heavy atom. The summed E-state index contributed by atoms with van der Waals surface area (Å²) >= 11 is 1.60. The van der Waals surface area contributed by atoms with Crippen molar-refractivity contribution in [1.82, 2.24) is 15.0 Å². The molecule has 1 amide bonds. The molecule has 0 saturated carbocycles. The molecule has 1 aliphatic rings. The first-order valence-electron chi connectivity index (χ1n) is 9.54. The van der Waals surface area contributed by atoms with Gasteiger partial charge in [-0.3, -0.25) is 4.79 Å². The van der Waals surface area contributed by atoms with Gasteiger partial charge in [-0.15, -0.1) is 0 Å². The van der Waals surface area contributed by atoms with Crippen LogP contribution >= 0.6 is 11.3 Å². The Bertz CT molecular complexity index is 970. The summed E-state index contributed by atoms with van der Waals surface area (Å²) in [6.07, 6.45) is 2.64. The van der Waals surface area contributed by atoms with E-state index in [1.165, 1.54) is 0 Å². The van der Waals surface area contributed by atoms with Crippen LogP contribution in [0.4, 0.5) is 0 Å². The smallest absolute Gasteiger partial charge is 0.257 e. The van der Waals surface area contributed by atoms with Crippen LogP contribution in [0.1, 0.15) is 29.1 Å². The maximum absolute atomic E-state index is 13.1. The maximum Gasteiger partial charge on any atom is 0.257 e. The van der Waals surface area contributed by atoms with Crippen molar-refractivity contribution >= 4 is 17.2 Å². The van der Waals surface area contributed by atoms with E-state index < -0.39 is 0 Å². The summed E-state index contributed by atoms with van der Waals surface area (Å²) in [5.74, 6) is 2.67. The van der Waals surface area contributed by atoms with Crippen LogP contribution in [0.25, 0.3) is 11.4 Å². The third-order valence-electron chi connectivity index (χ3n) is 5.16. The summed E-state index contributed by atoms with van der Waals surface area (Å²) < 4.78 is 16.1. The highest BCUT2D eigenvalue weighted by Gasteiger charge is 2.28. The number of nitrogens with zero attached hydrogens (tertiary/aromatic N) is 3. The fraction of sp³-hybridized carbons (Fsp3) is 0.381. The van der Waals surface area contributed by atoms with Gasteiger partial charge in [0.05, 0.1) is 19.8 Å². The number of rotatable bonds is 6. The molecular weight excluding hydrogens is 390 g/mol. The number of aromatic nitrogens is 2. The van der Waals surface area contributed by atoms with Crippen molar-refractivity contribution in [2.24, 2.45) is 5.92 Å². The number of likely N-dealkylation sites (tertiary alicyclic amines) is 1. The lowest BCUT2D eigenvalue weighted by Gasteiger charge is -2.32. The second-order valence-corrected chi connectivity index (χ2v) is 7.83. The SMILES string of the molecule is COc1ccc(C(=O)N2CCCC(Cc3nc(-c4ccsc4)no3)C2)c(OC)c1. The predicted molar refractivity (Wildman–Crippen MR) is 109 cm³/mol. The van der Waals surface area contributed by atoms with Gasteiger partial charge in [-0.2, -0.15) is 16.3 Å². The second kappa shape index (κ2) is 8.65. The van der Waals surface area contributed by atoms with Crippen LogP contribution in [-0.2, 0) is 6.42 Å². The van der Waals surface area contributed by atoms with Crippen molar-refractivity contribution in [3.05, 3.63) is 46.5 Å². The van der Waals surface area contributed by atoms with Gasteiger partial charge in [-0.05, 0) is 42.3 Å². The van der Waals surface area contributed by atoms with E-state index >= 15 is 0 Å². The van der Waals surface area contributed by atoms with E-state index in [0.29, 0.717) is 41.7 Å². The lowest BCUT2D eigenvalue weighted by atomic mass is 9.94. The van der Waals surface area contributed by atoms with Gasteiger partial charge in [-0.25, -0.2) is 0 Å². The van der Waals surface area contributed by atoms with Crippen molar-refractivity contribution in [2.75, 3.05) is 27.3 Å². The molecule has 0 radical (unpaired) electrons.